The van der Waals surface area contributed by atoms with E-state index in [0.29, 0.717) is 11.4 Å². The van der Waals surface area contributed by atoms with Gasteiger partial charge in [-0.1, -0.05) is 12.1 Å². The number of aromatic amines is 1. The van der Waals surface area contributed by atoms with Gasteiger partial charge in [0.05, 0.1) is 25.4 Å². The van der Waals surface area contributed by atoms with E-state index in [0.717, 1.165) is 5.69 Å². The van der Waals surface area contributed by atoms with Crippen LogP contribution < -0.4 is 27.2 Å². The molecule has 53 heavy (non-hydrogen) atoms. The highest BCUT2D eigenvalue weighted by Crippen LogP contribution is 2.46. The van der Waals surface area contributed by atoms with Crippen molar-refractivity contribution in [1.29, 1.82) is 0 Å². The van der Waals surface area contributed by atoms with Crippen LogP contribution in [0.2, 0.25) is 0 Å². The van der Waals surface area contributed by atoms with Crippen molar-refractivity contribution in [2.24, 2.45) is 0 Å². The summed E-state index contributed by atoms with van der Waals surface area (Å²) in [5.74, 6) is -2.72. The highest BCUT2D eigenvalue weighted by Gasteiger charge is 2.45. The van der Waals surface area contributed by atoms with Crippen LogP contribution in [-0.4, -0.2) is 143 Å². The van der Waals surface area contributed by atoms with Crippen LogP contribution in [0.4, 0.5) is 23.1 Å². The third-order valence-electron chi connectivity index (χ3n) is 8.58. The number of phosphoric acid groups is 1. The van der Waals surface area contributed by atoms with Crippen LogP contribution in [0, 0.1) is 0 Å². The number of rotatable bonds is 19. The van der Waals surface area contributed by atoms with Crippen LogP contribution in [0.1, 0.15) is 32.3 Å². The number of hydrogen-bond donors (Lipinski definition) is 13. The number of aliphatic carboxylic acids is 2. The summed E-state index contributed by atoms with van der Waals surface area (Å²) in [7, 11) is -5.11. The van der Waals surface area contributed by atoms with E-state index in [1.54, 1.807) is 24.3 Å². The standard InChI is InChI=1S/C30H45N6O16P/c1-12(21-13(2)33-26-22(34-21)27(44)36-30(31)35-26)32-15-5-3-14(4-6-15)9-16(37)23(41)17(38)10-49-29-25(43)24(42)19(51-29)11-50-53(47,48)52-18(28(45)46)7-8-20(39)40/h3-6,12-13,16-19,21,23-25,29,32,34,37-38,41-43H,7-11H2,1-2H3,(H,39,40)(H,45,46)(H,47,48)(H4,31,33,35,36,44)/t12-,13+,16-,17+,18+,19?,21+,23-,24?,25?,29?/m1/s1. The zero-order valence-electron chi connectivity index (χ0n) is 28.5. The van der Waals surface area contributed by atoms with Gasteiger partial charge in [0.25, 0.3) is 5.56 Å². The molecule has 23 heteroatoms. The summed E-state index contributed by atoms with van der Waals surface area (Å²) in [6.07, 6.45) is -14.9. The third kappa shape index (κ3) is 11.3. The first-order valence-electron chi connectivity index (χ1n) is 16.4. The Labute approximate surface area is 301 Å². The number of carbonyl (C=O) groups is 2. The molecule has 3 heterocycles. The van der Waals surface area contributed by atoms with Gasteiger partial charge < -0.3 is 71.8 Å². The van der Waals surface area contributed by atoms with Gasteiger partial charge >= 0.3 is 19.8 Å². The second-order valence-corrected chi connectivity index (χ2v) is 14.1. The Hall–Kier alpha value is -3.93. The topological polar surface area (TPSA) is 358 Å². The molecule has 1 saturated heterocycles. The zero-order chi connectivity index (χ0) is 39.2. The molecule has 14 N–H and O–H groups in total. The van der Waals surface area contributed by atoms with E-state index in [-0.39, 0.29) is 36.2 Å². The molecule has 2 aliphatic rings. The number of carboxylic acids is 2. The van der Waals surface area contributed by atoms with Crippen molar-refractivity contribution in [2.45, 2.75) is 100 Å². The molecule has 0 saturated carbocycles. The minimum atomic E-state index is -5.11. The molecule has 22 nitrogen and oxygen atoms in total. The van der Waals surface area contributed by atoms with Crippen LogP contribution in [0.3, 0.4) is 0 Å². The lowest BCUT2D eigenvalue weighted by molar-refractivity contribution is -0.192. The highest BCUT2D eigenvalue weighted by atomic mass is 31.2. The van der Waals surface area contributed by atoms with Gasteiger partial charge in [0.1, 0.15) is 36.2 Å². The Kier molecular flexibility index (Phi) is 14.1. The minimum absolute atomic E-state index is 0.000402. The normalized spacial score (nSPS) is 26.5. The molecule has 2 aliphatic heterocycles. The van der Waals surface area contributed by atoms with Gasteiger partial charge in [-0.2, -0.15) is 4.98 Å². The van der Waals surface area contributed by atoms with Gasteiger partial charge in [-0.3, -0.25) is 23.6 Å². The number of aliphatic hydroxyl groups is 5. The SMILES string of the molecule is C[C@@H]1Nc2nc(N)[nH]c(=O)c2N[C@H]1[C@@H](C)Nc1ccc(C[C@@H](O)[C@@H](O)[C@@H](O)COC2OC(COP(=O)(O)O[C@@H](CCC(=O)O)C(=O)O)C(O)C2O)cc1. The molecule has 4 rings (SSSR count). The number of benzene rings is 1. The molecule has 296 valence electrons. The van der Waals surface area contributed by atoms with Gasteiger partial charge in [0.15, 0.2) is 18.2 Å². The first kappa shape index (κ1) is 41.8. The number of carboxylic acid groups (broad SMARTS) is 2. The van der Waals surface area contributed by atoms with E-state index < -0.39 is 100 Å². The molecular weight excluding hydrogens is 731 g/mol. The molecule has 0 amide bonds. The molecule has 0 aliphatic carbocycles. The maximum absolute atomic E-state index is 12.4. The number of nitrogen functional groups attached to an aromatic ring is 1. The highest BCUT2D eigenvalue weighted by molar-refractivity contribution is 7.47. The summed E-state index contributed by atoms with van der Waals surface area (Å²) in [6, 6.07) is 6.40. The second-order valence-electron chi connectivity index (χ2n) is 12.7. The number of nitrogens with one attached hydrogen (secondary N) is 4. The van der Waals surface area contributed by atoms with Gasteiger partial charge in [0, 0.05) is 30.6 Å². The first-order chi connectivity index (χ1) is 24.8. The minimum Gasteiger partial charge on any atom is -0.481 e. The molecule has 1 aromatic heterocycles. The number of H-pyrrole nitrogens is 1. The van der Waals surface area contributed by atoms with Crippen LogP contribution in [0.25, 0.3) is 0 Å². The second kappa shape index (κ2) is 17.9. The third-order valence-corrected chi connectivity index (χ3v) is 9.58. The number of phosphoric ester groups is 1. The van der Waals surface area contributed by atoms with Gasteiger partial charge in [-0.15, -0.1) is 0 Å². The lowest BCUT2D eigenvalue weighted by Crippen LogP contribution is -2.51. The largest absolute Gasteiger partial charge is 0.481 e. The fourth-order valence-corrected chi connectivity index (χ4v) is 6.62. The van der Waals surface area contributed by atoms with Crippen LogP contribution >= 0.6 is 7.82 Å². The Morgan fingerprint density at radius 3 is 2.42 bits per heavy atom. The predicted octanol–water partition coefficient (Wildman–Crippen LogP) is -2.01. The van der Waals surface area contributed by atoms with Crippen molar-refractivity contribution in [3.8, 4) is 0 Å². The van der Waals surface area contributed by atoms with Crippen molar-refractivity contribution in [3.05, 3.63) is 40.2 Å². The molecule has 0 bridgehead atoms. The molecule has 0 spiro atoms. The first-order valence-corrected chi connectivity index (χ1v) is 17.9. The molecule has 12 atom stereocenters. The Morgan fingerprint density at radius 2 is 1.77 bits per heavy atom. The fourth-order valence-electron chi connectivity index (χ4n) is 5.71. The molecule has 1 aromatic carbocycles. The van der Waals surface area contributed by atoms with E-state index in [1.807, 2.05) is 13.8 Å². The summed E-state index contributed by atoms with van der Waals surface area (Å²) in [6.45, 7) is 2.27. The maximum Gasteiger partial charge on any atom is 0.473 e. The molecular formula is C30H45N6O16P. The number of hydrogen-bond acceptors (Lipinski definition) is 18. The summed E-state index contributed by atoms with van der Waals surface area (Å²) < 4.78 is 32.0. The number of anilines is 4. The van der Waals surface area contributed by atoms with Gasteiger partial charge in [-0.25, -0.2) is 9.36 Å². The quantitative estimate of drug-likeness (QED) is 0.0685. The smallest absolute Gasteiger partial charge is 0.473 e. The van der Waals surface area contributed by atoms with Gasteiger partial charge in [-0.05, 0) is 38.0 Å². The monoisotopic (exact) mass is 776 g/mol. The average molecular weight is 777 g/mol. The van der Waals surface area contributed by atoms with Crippen LogP contribution in [0.15, 0.2) is 29.1 Å². The summed E-state index contributed by atoms with van der Waals surface area (Å²) in [5.41, 5.74) is 6.85. The maximum atomic E-state index is 12.4. The lowest BCUT2D eigenvalue weighted by atomic mass is 9.98. The number of aromatic nitrogens is 2. The van der Waals surface area contributed by atoms with Crippen LogP contribution in [0.5, 0.6) is 0 Å². The Bertz CT molecular complexity index is 1670. The van der Waals surface area contributed by atoms with Crippen molar-refractivity contribution < 1.29 is 73.3 Å². The van der Waals surface area contributed by atoms with E-state index >= 15 is 0 Å². The van der Waals surface area contributed by atoms with Gasteiger partial charge in [0.2, 0.25) is 5.95 Å². The fraction of sp³-hybridized carbons (Fsp3) is 0.600. The summed E-state index contributed by atoms with van der Waals surface area (Å²) >= 11 is 0. The van der Waals surface area contributed by atoms with E-state index in [4.69, 9.17) is 25.4 Å². The number of fused-ring (bicyclic) bond motifs is 1. The average Bonchev–Trinajstić information content (AvgIpc) is 3.35. The lowest BCUT2D eigenvalue weighted by Gasteiger charge is -2.37. The molecule has 1 fully saturated rings. The summed E-state index contributed by atoms with van der Waals surface area (Å²) in [4.78, 5) is 50.8. The zero-order valence-corrected chi connectivity index (χ0v) is 29.4. The summed E-state index contributed by atoms with van der Waals surface area (Å²) in [5, 5.41) is 79.7. The number of nitrogens with two attached hydrogens (primary N) is 1. The number of aliphatic hydroxyl groups excluding tert-OH is 5. The van der Waals surface area contributed by atoms with Crippen molar-refractivity contribution in [1.82, 2.24) is 9.97 Å². The van der Waals surface area contributed by atoms with E-state index in [2.05, 4.69) is 35.0 Å². The van der Waals surface area contributed by atoms with E-state index in [1.165, 1.54) is 0 Å². The van der Waals surface area contributed by atoms with Crippen LogP contribution in [-0.2, 0) is 39.1 Å². The predicted molar refractivity (Wildman–Crippen MR) is 183 cm³/mol. The Morgan fingerprint density at radius 1 is 1.09 bits per heavy atom. The number of nitrogens with zero attached hydrogens (tertiary/aromatic N) is 1. The van der Waals surface area contributed by atoms with Crippen molar-refractivity contribution in [3.63, 3.8) is 0 Å². The number of ether oxygens (including phenoxy) is 2. The Balaban J connectivity index is 1.22. The molecule has 0 radical (unpaired) electrons. The van der Waals surface area contributed by atoms with Crippen molar-refractivity contribution >= 4 is 42.9 Å². The van der Waals surface area contributed by atoms with E-state index in [9.17, 15) is 49.4 Å². The molecule has 5 unspecified atom stereocenters. The molecule has 2 aromatic rings. The van der Waals surface area contributed by atoms with Crippen molar-refractivity contribution in [2.75, 3.05) is 34.9 Å².